The number of benzene rings is 3. The van der Waals surface area contributed by atoms with E-state index < -0.39 is 28.5 Å². The summed E-state index contributed by atoms with van der Waals surface area (Å²) in [6.07, 6.45) is 1.01. The van der Waals surface area contributed by atoms with E-state index in [1.807, 2.05) is 27.7 Å². The van der Waals surface area contributed by atoms with E-state index in [-0.39, 0.29) is 23.4 Å². The second kappa shape index (κ2) is 15.5. The Morgan fingerprint density at radius 2 is 1.58 bits per heavy atom. The minimum Gasteiger partial charge on any atom is -0.494 e. The molecule has 0 spiro atoms. The van der Waals surface area contributed by atoms with Crippen molar-refractivity contribution in [2.45, 2.75) is 71.0 Å². The second-order valence-corrected chi connectivity index (χ2v) is 13.0. The smallest absolute Gasteiger partial charge is 0.264 e. The first-order chi connectivity index (χ1) is 20.4. The predicted molar refractivity (Wildman–Crippen MR) is 172 cm³/mol. The third-order valence-electron chi connectivity index (χ3n) is 7.07. The normalized spacial score (nSPS) is 12.7. The number of sulfonamides is 1. The lowest BCUT2D eigenvalue weighted by Gasteiger charge is -2.34. The van der Waals surface area contributed by atoms with Crippen molar-refractivity contribution in [3.63, 3.8) is 0 Å². The molecule has 0 aliphatic rings. The average Bonchev–Trinajstić information content (AvgIpc) is 2.97. The summed E-state index contributed by atoms with van der Waals surface area (Å²) in [7, 11) is -4.20. The number of anilines is 1. The lowest BCUT2D eigenvalue weighted by Crippen LogP contribution is -2.53. The molecule has 2 amide bonds. The maximum absolute atomic E-state index is 14.2. The molecule has 0 bridgehead atoms. The Balaban J connectivity index is 2.07. The molecular weight excluding hydrogens is 609 g/mol. The Labute approximate surface area is 265 Å². The zero-order valence-corrected chi connectivity index (χ0v) is 27.5. The van der Waals surface area contributed by atoms with Crippen LogP contribution in [0.25, 0.3) is 0 Å². The van der Waals surface area contributed by atoms with E-state index in [0.717, 1.165) is 9.87 Å². The van der Waals surface area contributed by atoms with Crippen LogP contribution in [0, 0.1) is 6.92 Å². The molecule has 43 heavy (non-hydrogen) atoms. The van der Waals surface area contributed by atoms with Gasteiger partial charge in [-0.25, -0.2) is 8.42 Å². The van der Waals surface area contributed by atoms with Crippen molar-refractivity contribution in [2.24, 2.45) is 0 Å². The van der Waals surface area contributed by atoms with Gasteiger partial charge in [-0.15, -0.1) is 0 Å². The van der Waals surface area contributed by atoms with Crippen molar-refractivity contribution < 1.29 is 22.7 Å². The van der Waals surface area contributed by atoms with Crippen molar-refractivity contribution >= 4 is 50.7 Å². The van der Waals surface area contributed by atoms with Crippen LogP contribution in [0.4, 0.5) is 5.69 Å². The number of nitrogens with zero attached hydrogens (tertiary/aromatic N) is 2. The van der Waals surface area contributed by atoms with Gasteiger partial charge in [0.25, 0.3) is 10.0 Å². The number of hydrogen-bond donors (Lipinski definition) is 1. The van der Waals surface area contributed by atoms with Gasteiger partial charge in [0, 0.05) is 22.6 Å². The van der Waals surface area contributed by atoms with E-state index in [0.29, 0.717) is 46.5 Å². The lowest BCUT2D eigenvalue weighted by atomic mass is 10.1. The molecule has 8 nitrogen and oxygen atoms in total. The van der Waals surface area contributed by atoms with Crippen LogP contribution in [0.2, 0.25) is 10.0 Å². The highest BCUT2D eigenvalue weighted by molar-refractivity contribution is 7.92. The van der Waals surface area contributed by atoms with Crippen LogP contribution in [0.3, 0.4) is 0 Å². The van der Waals surface area contributed by atoms with E-state index in [4.69, 9.17) is 27.9 Å². The minimum absolute atomic E-state index is 0.00169. The number of carbonyl (C=O) groups is 2. The number of aryl methyl sites for hydroxylation is 1. The molecule has 0 radical (unpaired) electrons. The molecule has 0 fully saturated rings. The number of halogens is 2. The molecule has 3 rings (SSSR count). The largest absolute Gasteiger partial charge is 0.494 e. The van der Waals surface area contributed by atoms with Crippen LogP contribution >= 0.6 is 23.2 Å². The predicted octanol–water partition coefficient (Wildman–Crippen LogP) is 6.62. The molecule has 1 N–H and O–H groups in total. The Morgan fingerprint density at radius 1 is 0.930 bits per heavy atom. The molecule has 0 aromatic heterocycles. The molecule has 0 heterocycles. The van der Waals surface area contributed by atoms with Gasteiger partial charge in [0.1, 0.15) is 18.3 Å². The molecule has 0 aliphatic heterocycles. The summed E-state index contributed by atoms with van der Waals surface area (Å²) in [6, 6.07) is 16.8. The summed E-state index contributed by atoms with van der Waals surface area (Å²) in [4.78, 5) is 29.0. The van der Waals surface area contributed by atoms with Crippen molar-refractivity contribution in [3.8, 4) is 5.75 Å². The number of carbonyl (C=O) groups excluding carboxylic acids is 2. The van der Waals surface area contributed by atoms with Crippen LogP contribution in [-0.2, 0) is 26.2 Å². The number of hydrogen-bond acceptors (Lipinski definition) is 5. The van der Waals surface area contributed by atoms with E-state index >= 15 is 0 Å². The summed E-state index contributed by atoms with van der Waals surface area (Å²) in [6.45, 7) is 9.24. The quantitative estimate of drug-likeness (QED) is 0.212. The number of ether oxygens (including phenoxy) is 1. The maximum Gasteiger partial charge on any atom is 0.264 e. The SMILES string of the molecule is CCOc1ccc(S(=O)(=O)N(CC(=O)N(Cc2ccc(Cl)cc2Cl)[C@@H](CC)C(=O)N[C@@H](C)CC)c2ccc(C)cc2)cc1. The third-order valence-corrected chi connectivity index (χ3v) is 9.44. The average molecular weight is 649 g/mol. The molecule has 2 atom stereocenters. The third kappa shape index (κ3) is 8.87. The van der Waals surface area contributed by atoms with Crippen LogP contribution in [0.5, 0.6) is 5.75 Å². The zero-order chi connectivity index (χ0) is 31.7. The molecular formula is C32H39Cl2N3O5S. The topological polar surface area (TPSA) is 96.0 Å². The monoisotopic (exact) mass is 647 g/mol. The van der Waals surface area contributed by atoms with E-state index in [1.165, 1.54) is 17.0 Å². The van der Waals surface area contributed by atoms with Gasteiger partial charge in [0.15, 0.2) is 0 Å². The summed E-state index contributed by atoms with van der Waals surface area (Å²) in [5.41, 5.74) is 1.82. The summed E-state index contributed by atoms with van der Waals surface area (Å²) in [5, 5.41) is 3.72. The zero-order valence-electron chi connectivity index (χ0n) is 25.1. The molecule has 0 aliphatic carbocycles. The van der Waals surface area contributed by atoms with Crippen molar-refractivity contribution in [1.82, 2.24) is 10.2 Å². The molecule has 3 aromatic rings. The van der Waals surface area contributed by atoms with Crippen LogP contribution in [0.15, 0.2) is 71.6 Å². The lowest BCUT2D eigenvalue weighted by molar-refractivity contribution is -0.140. The number of amides is 2. The van der Waals surface area contributed by atoms with Crippen molar-refractivity contribution in [3.05, 3.63) is 87.9 Å². The molecule has 232 valence electrons. The first kappa shape index (κ1) is 34.2. The van der Waals surface area contributed by atoms with Gasteiger partial charge in [-0.3, -0.25) is 13.9 Å². The van der Waals surface area contributed by atoms with Crippen LogP contribution in [-0.4, -0.2) is 50.4 Å². The van der Waals surface area contributed by atoms with Crippen LogP contribution in [0.1, 0.15) is 51.7 Å². The highest BCUT2D eigenvalue weighted by atomic mass is 35.5. The fourth-order valence-corrected chi connectivity index (χ4v) is 6.32. The van der Waals surface area contributed by atoms with Gasteiger partial charge >= 0.3 is 0 Å². The van der Waals surface area contributed by atoms with Gasteiger partial charge in [-0.1, -0.05) is 60.8 Å². The second-order valence-electron chi connectivity index (χ2n) is 10.3. The first-order valence-electron chi connectivity index (χ1n) is 14.3. The molecule has 11 heteroatoms. The van der Waals surface area contributed by atoms with Gasteiger partial charge in [-0.2, -0.15) is 0 Å². The molecule has 0 saturated carbocycles. The van der Waals surface area contributed by atoms with Crippen LogP contribution < -0.4 is 14.4 Å². The summed E-state index contributed by atoms with van der Waals surface area (Å²) < 4.78 is 34.6. The highest BCUT2D eigenvalue weighted by Gasteiger charge is 2.34. The minimum atomic E-state index is -4.20. The maximum atomic E-state index is 14.2. The number of rotatable bonds is 14. The Bertz CT molecular complexity index is 1500. The van der Waals surface area contributed by atoms with Gasteiger partial charge < -0.3 is 15.0 Å². The van der Waals surface area contributed by atoms with Gasteiger partial charge in [0.2, 0.25) is 11.8 Å². The number of nitrogens with one attached hydrogen (secondary N) is 1. The van der Waals surface area contributed by atoms with E-state index in [1.54, 1.807) is 61.5 Å². The highest BCUT2D eigenvalue weighted by Crippen LogP contribution is 2.28. The summed E-state index contributed by atoms with van der Waals surface area (Å²) >= 11 is 12.6. The Morgan fingerprint density at radius 3 is 2.14 bits per heavy atom. The van der Waals surface area contributed by atoms with Gasteiger partial charge in [0.05, 0.1) is 17.2 Å². The van der Waals surface area contributed by atoms with E-state index in [9.17, 15) is 18.0 Å². The first-order valence-corrected chi connectivity index (χ1v) is 16.5. The van der Waals surface area contributed by atoms with Gasteiger partial charge in [-0.05, 0) is 87.7 Å². The fraction of sp³-hybridized carbons (Fsp3) is 0.375. The Kier molecular flexibility index (Phi) is 12.3. The molecule has 3 aromatic carbocycles. The van der Waals surface area contributed by atoms with Crippen molar-refractivity contribution in [2.75, 3.05) is 17.5 Å². The van der Waals surface area contributed by atoms with Crippen molar-refractivity contribution in [1.29, 1.82) is 0 Å². The van der Waals surface area contributed by atoms with E-state index in [2.05, 4.69) is 5.32 Å². The Hall–Kier alpha value is -3.27. The fourth-order valence-electron chi connectivity index (χ4n) is 4.44. The standard InChI is InChI=1S/C32H39Cl2N3O5S/c1-6-23(5)35-32(39)30(7-2)36(20-24-11-12-25(33)19-29(24)34)31(38)21-37(26-13-9-22(4)10-14-26)43(40,41)28-17-15-27(16-18-28)42-8-3/h9-19,23,30H,6-8,20-21H2,1-5H3,(H,35,39)/t23-,30-/m0/s1. The molecule has 0 unspecified atom stereocenters. The molecule has 0 saturated heterocycles. The summed E-state index contributed by atoms with van der Waals surface area (Å²) in [5.74, 6) is -0.359.